The van der Waals surface area contributed by atoms with E-state index in [9.17, 15) is 4.79 Å². The molecule has 1 N–H and O–H groups in total. The van der Waals surface area contributed by atoms with Gasteiger partial charge in [0.25, 0.3) is 5.91 Å². The van der Waals surface area contributed by atoms with Crippen molar-refractivity contribution in [2.45, 2.75) is 6.92 Å². The molecule has 0 radical (unpaired) electrons. The van der Waals surface area contributed by atoms with Gasteiger partial charge in [-0.1, -0.05) is 23.7 Å². The maximum absolute atomic E-state index is 12.5. The summed E-state index contributed by atoms with van der Waals surface area (Å²) in [4.78, 5) is 18.8. The van der Waals surface area contributed by atoms with Crippen LogP contribution in [0.4, 0.5) is 5.69 Å². The van der Waals surface area contributed by atoms with E-state index in [1.165, 1.54) is 0 Å². The molecule has 0 saturated carbocycles. The maximum atomic E-state index is 12.5. The normalized spacial score (nSPS) is 11.2. The quantitative estimate of drug-likeness (QED) is 0.577. The number of aromatic nitrogens is 2. The number of fused-ring (bicyclic) bond motifs is 1. The number of rotatable bonds is 4. The third-order valence-corrected chi connectivity index (χ3v) is 3.98. The summed E-state index contributed by atoms with van der Waals surface area (Å²) in [6, 6.07) is 11.3. The van der Waals surface area contributed by atoms with Gasteiger partial charge in [-0.15, -0.1) is 0 Å². The highest BCUT2D eigenvalue weighted by molar-refractivity contribution is 6.30. The minimum atomic E-state index is -0.339. The molecule has 1 aromatic carbocycles. The summed E-state index contributed by atoms with van der Waals surface area (Å²) in [5.74, 6) is -0.339. The van der Waals surface area contributed by atoms with E-state index < -0.39 is 0 Å². The highest BCUT2D eigenvalue weighted by Gasteiger charge is 2.16. The second-order valence-electron chi connectivity index (χ2n) is 5.81. The molecule has 6 nitrogen and oxygen atoms in total. The van der Waals surface area contributed by atoms with E-state index in [1.807, 2.05) is 43.3 Å². The van der Waals surface area contributed by atoms with E-state index in [2.05, 4.69) is 15.5 Å². The number of hydrogen-bond acceptors (Lipinski definition) is 4. The summed E-state index contributed by atoms with van der Waals surface area (Å²) in [6.45, 7) is 1.78. The number of carbonyl (C=O) groups is 1. The van der Waals surface area contributed by atoms with E-state index in [0.717, 1.165) is 11.3 Å². The lowest BCUT2D eigenvalue weighted by molar-refractivity contribution is 0.0948. The van der Waals surface area contributed by atoms with E-state index in [0.29, 0.717) is 22.1 Å². The van der Waals surface area contributed by atoms with Crippen molar-refractivity contribution in [1.29, 1.82) is 0 Å². The Kier molecular flexibility index (Phi) is 4.72. The van der Waals surface area contributed by atoms with Crippen LogP contribution in [0.25, 0.3) is 5.65 Å². The van der Waals surface area contributed by atoms with Gasteiger partial charge in [-0.3, -0.25) is 9.20 Å². The van der Waals surface area contributed by atoms with Crippen molar-refractivity contribution in [3.05, 3.63) is 64.6 Å². The minimum Gasteiger partial charge on any atom is -0.378 e. The van der Waals surface area contributed by atoms with Crippen LogP contribution in [-0.2, 0) is 0 Å². The minimum absolute atomic E-state index is 0.339. The molecule has 7 heteroatoms. The number of imidazole rings is 1. The fourth-order valence-corrected chi connectivity index (χ4v) is 2.65. The van der Waals surface area contributed by atoms with Crippen LogP contribution in [0.5, 0.6) is 0 Å². The van der Waals surface area contributed by atoms with Gasteiger partial charge in [-0.2, -0.15) is 5.10 Å². The molecule has 0 saturated heterocycles. The van der Waals surface area contributed by atoms with Crippen molar-refractivity contribution in [2.75, 3.05) is 19.0 Å². The summed E-state index contributed by atoms with van der Waals surface area (Å²) >= 11 is 6.01. The Bertz CT molecular complexity index is 944. The Morgan fingerprint density at radius 2 is 1.96 bits per heavy atom. The van der Waals surface area contributed by atoms with E-state index in [-0.39, 0.29) is 5.91 Å². The number of anilines is 1. The average molecular weight is 356 g/mol. The SMILES string of the molecule is Cc1nc2ccc(Cl)cn2c1C(=O)N/N=C\c1ccc(N(C)C)cc1. The van der Waals surface area contributed by atoms with Gasteiger partial charge in [0, 0.05) is 26.0 Å². The van der Waals surface area contributed by atoms with E-state index in [4.69, 9.17) is 11.6 Å². The first-order valence-corrected chi connectivity index (χ1v) is 8.08. The van der Waals surface area contributed by atoms with Crippen LogP contribution < -0.4 is 10.3 Å². The zero-order valence-corrected chi connectivity index (χ0v) is 14.9. The van der Waals surface area contributed by atoms with Crippen molar-refractivity contribution in [3.8, 4) is 0 Å². The number of aryl methyl sites for hydroxylation is 1. The summed E-state index contributed by atoms with van der Waals surface area (Å²) in [7, 11) is 3.96. The lowest BCUT2D eigenvalue weighted by Gasteiger charge is -2.11. The van der Waals surface area contributed by atoms with Crippen LogP contribution in [0.15, 0.2) is 47.7 Å². The Morgan fingerprint density at radius 1 is 1.24 bits per heavy atom. The lowest BCUT2D eigenvalue weighted by atomic mass is 10.2. The molecular formula is C18H18ClN5O. The van der Waals surface area contributed by atoms with Crippen LogP contribution in [0.3, 0.4) is 0 Å². The Balaban J connectivity index is 1.76. The fourth-order valence-electron chi connectivity index (χ4n) is 2.49. The highest BCUT2D eigenvalue weighted by Crippen LogP contribution is 2.16. The number of halogens is 1. The molecule has 0 aliphatic carbocycles. The van der Waals surface area contributed by atoms with Gasteiger partial charge in [-0.25, -0.2) is 10.4 Å². The van der Waals surface area contributed by atoms with E-state index >= 15 is 0 Å². The Labute approximate surface area is 150 Å². The predicted octanol–water partition coefficient (Wildman–Crippen LogP) is 3.13. The first kappa shape index (κ1) is 17.0. The summed E-state index contributed by atoms with van der Waals surface area (Å²) < 4.78 is 1.66. The van der Waals surface area contributed by atoms with Crippen LogP contribution in [0.2, 0.25) is 5.02 Å². The zero-order valence-electron chi connectivity index (χ0n) is 14.2. The highest BCUT2D eigenvalue weighted by atomic mass is 35.5. The number of nitrogens with one attached hydrogen (secondary N) is 1. The molecule has 0 fully saturated rings. The number of amides is 1. The molecule has 3 aromatic rings. The molecular weight excluding hydrogens is 338 g/mol. The molecule has 2 heterocycles. The van der Waals surface area contributed by atoms with Crippen molar-refractivity contribution in [2.24, 2.45) is 5.10 Å². The Morgan fingerprint density at radius 3 is 2.64 bits per heavy atom. The molecule has 0 aliphatic rings. The lowest BCUT2D eigenvalue weighted by Crippen LogP contribution is -2.20. The average Bonchev–Trinajstić information content (AvgIpc) is 2.90. The van der Waals surface area contributed by atoms with E-state index in [1.54, 1.807) is 35.9 Å². The van der Waals surface area contributed by atoms with Crippen LogP contribution >= 0.6 is 11.6 Å². The molecule has 0 aliphatic heterocycles. The third kappa shape index (κ3) is 3.64. The van der Waals surface area contributed by atoms with Crippen LogP contribution in [0.1, 0.15) is 21.7 Å². The summed E-state index contributed by atoms with van der Waals surface area (Å²) in [6.07, 6.45) is 3.26. The maximum Gasteiger partial charge on any atom is 0.290 e. The van der Waals surface area contributed by atoms with Crippen molar-refractivity contribution in [1.82, 2.24) is 14.8 Å². The second-order valence-corrected chi connectivity index (χ2v) is 6.24. The topological polar surface area (TPSA) is 62.0 Å². The molecule has 0 unspecified atom stereocenters. The van der Waals surface area contributed by atoms with Gasteiger partial charge in [0.1, 0.15) is 11.3 Å². The largest absolute Gasteiger partial charge is 0.378 e. The molecule has 128 valence electrons. The smallest absolute Gasteiger partial charge is 0.290 e. The second kappa shape index (κ2) is 6.94. The summed E-state index contributed by atoms with van der Waals surface area (Å²) in [5.41, 5.74) is 6.22. The zero-order chi connectivity index (χ0) is 18.0. The number of benzene rings is 1. The molecule has 1 amide bonds. The third-order valence-electron chi connectivity index (χ3n) is 3.76. The van der Waals surface area contributed by atoms with Gasteiger partial charge in [-0.05, 0) is 36.8 Å². The first-order chi connectivity index (χ1) is 12.0. The van der Waals surface area contributed by atoms with Gasteiger partial charge in [0.05, 0.1) is 16.9 Å². The number of hydrogen-bond donors (Lipinski definition) is 1. The molecule has 3 rings (SSSR count). The first-order valence-electron chi connectivity index (χ1n) is 7.70. The number of nitrogens with zero attached hydrogens (tertiary/aromatic N) is 4. The fraction of sp³-hybridized carbons (Fsp3) is 0.167. The molecule has 0 bridgehead atoms. The number of pyridine rings is 1. The van der Waals surface area contributed by atoms with Gasteiger partial charge >= 0.3 is 0 Å². The van der Waals surface area contributed by atoms with Crippen molar-refractivity contribution >= 4 is 35.1 Å². The molecule has 2 aromatic heterocycles. The number of hydrazone groups is 1. The van der Waals surface area contributed by atoms with Crippen molar-refractivity contribution in [3.63, 3.8) is 0 Å². The predicted molar refractivity (Wildman–Crippen MR) is 101 cm³/mol. The molecule has 25 heavy (non-hydrogen) atoms. The number of carbonyl (C=O) groups excluding carboxylic acids is 1. The summed E-state index contributed by atoms with van der Waals surface area (Å²) in [5, 5.41) is 4.56. The molecule has 0 atom stereocenters. The van der Waals surface area contributed by atoms with Crippen LogP contribution in [0, 0.1) is 6.92 Å². The molecule has 0 spiro atoms. The van der Waals surface area contributed by atoms with Gasteiger partial charge in [0.2, 0.25) is 0 Å². The van der Waals surface area contributed by atoms with Gasteiger partial charge in [0.15, 0.2) is 0 Å². The Hall–Kier alpha value is -2.86. The standard InChI is InChI=1S/C18H18ClN5O/c1-12-17(24-11-14(19)6-9-16(24)21-12)18(25)22-20-10-13-4-7-15(8-5-13)23(2)3/h4-11H,1-3H3,(H,22,25)/b20-10-. The van der Waals surface area contributed by atoms with Crippen molar-refractivity contribution < 1.29 is 4.79 Å². The van der Waals surface area contributed by atoms with Gasteiger partial charge < -0.3 is 4.90 Å². The van der Waals surface area contributed by atoms with Crippen LogP contribution in [-0.4, -0.2) is 35.6 Å². The monoisotopic (exact) mass is 355 g/mol.